The van der Waals surface area contributed by atoms with Gasteiger partial charge in [0.05, 0.1) is 18.0 Å². The first-order chi connectivity index (χ1) is 15.1. The fourth-order valence-corrected chi connectivity index (χ4v) is 4.44. The molecule has 3 rings (SSSR count). The summed E-state index contributed by atoms with van der Waals surface area (Å²) in [4.78, 5) is 12.8. The summed E-state index contributed by atoms with van der Waals surface area (Å²) < 4.78 is 45.0. The van der Waals surface area contributed by atoms with E-state index in [4.69, 9.17) is 4.74 Å². The molecule has 32 heavy (non-hydrogen) atoms. The van der Waals surface area contributed by atoms with E-state index in [1.165, 1.54) is 19.1 Å². The molecule has 0 bridgehead atoms. The molecule has 0 saturated carbocycles. The zero-order valence-corrected chi connectivity index (χ0v) is 18.8. The van der Waals surface area contributed by atoms with Gasteiger partial charge in [0.25, 0.3) is 0 Å². The molecule has 0 aliphatic carbocycles. The smallest absolute Gasteiger partial charge is 0.244 e. The van der Waals surface area contributed by atoms with Crippen LogP contribution in [0, 0.1) is 5.82 Å². The number of anilines is 1. The van der Waals surface area contributed by atoms with E-state index in [1.807, 2.05) is 30.3 Å². The largest absolute Gasteiger partial charge is 0.457 e. The molecule has 0 fully saturated rings. The Balaban J connectivity index is 1.76. The van der Waals surface area contributed by atoms with Crippen LogP contribution in [0.25, 0.3) is 0 Å². The molecule has 3 aromatic rings. The second-order valence-electron chi connectivity index (χ2n) is 7.43. The summed E-state index contributed by atoms with van der Waals surface area (Å²) in [6.45, 7) is 3.26. The van der Waals surface area contributed by atoms with Crippen molar-refractivity contribution in [3.05, 3.63) is 90.2 Å². The van der Waals surface area contributed by atoms with E-state index in [0.717, 1.165) is 10.6 Å². The first-order valence-corrected chi connectivity index (χ1v) is 11.9. The van der Waals surface area contributed by atoms with Crippen LogP contribution in [0.4, 0.5) is 10.1 Å². The average molecular weight is 457 g/mol. The lowest BCUT2D eigenvalue weighted by Gasteiger charge is -2.29. The van der Waals surface area contributed by atoms with Crippen LogP contribution in [0.5, 0.6) is 11.5 Å². The number of hydrogen-bond donors (Lipinski definition) is 1. The lowest BCUT2D eigenvalue weighted by atomic mass is 10.1. The Morgan fingerprint density at radius 2 is 1.47 bits per heavy atom. The fraction of sp³-hybridized carbons (Fsp3) is 0.208. The highest BCUT2D eigenvalue weighted by Gasteiger charge is 2.30. The molecule has 0 aliphatic heterocycles. The zero-order chi connectivity index (χ0) is 23.3. The van der Waals surface area contributed by atoms with Gasteiger partial charge in [-0.2, -0.15) is 0 Å². The maximum Gasteiger partial charge on any atom is 0.244 e. The predicted octanol–water partition coefficient (Wildman–Crippen LogP) is 4.65. The summed E-state index contributed by atoms with van der Waals surface area (Å²) >= 11 is 0. The highest BCUT2D eigenvalue weighted by atomic mass is 32.2. The van der Waals surface area contributed by atoms with Crippen molar-refractivity contribution < 1.29 is 22.3 Å². The summed E-state index contributed by atoms with van der Waals surface area (Å²) in [7, 11) is -3.76. The van der Waals surface area contributed by atoms with Crippen molar-refractivity contribution in [1.29, 1.82) is 0 Å². The Hall–Kier alpha value is -3.39. The molecule has 0 saturated heterocycles. The molecule has 6 nitrogen and oxygen atoms in total. The highest BCUT2D eigenvalue weighted by molar-refractivity contribution is 7.92. The number of carbonyl (C=O) groups excluding carboxylic acids is 1. The summed E-state index contributed by atoms with van der Waals surface area (Å²) in [6, 6.07) is 20.0. The third-order valence-corrected chi connectivity index (χ3v) is 6.13. The molecule has 168 valence electrons. The second-order valence-corrected chi connectivity index (χ2v) is 9.29. The predicted molar refractivity (Wildman–Crippen MR) is 123 cm³/mol. The molecule has 0 heterocycles. The van der Waals surface area contributed by atoms with Crippen molar-refractivity contribution >= 4 is 21.6 Å². The van der Waals surface area contributed by atoms with Gasteiger partial charge in [-0.15, -0.1) is 0 Å². The number of halogens is 1. The average Bonchev–Trinajstić information content (AvgIpc) is 2.75. The third kappa shape index (κ3) is 5.85. The van der Waals surface area contributed by atoms with E-state index < -0.39 is 28.0 Å². The number of ether oxygens (including phenoxy) is 1. The van der Waals surface area contributed by atoms with E-state index in [9.17, 15) is 17.6 Å². The molecule has 0 radical (unpaired) electrons. The van der Waals surface area contributed by atoms with Gasteiger partial charge in [-0.05, 0) is 67.9 Å². The van der Waals surface area contributed by atoms with Crippen molar-refractivity contribution in [2.24, 2.45) is 0 Å². The number of amides is 1. The van der Waals surface area contributed by atoms with Crippen LogP contribution in [0.2, 0.25) is 0 Å². The van der Waals surface area contributed by atoms with Crippen molar-refractivity contribution in [2.75, 3.05) is 10.6 Å². The molecular weight excluding hydrogens is 431 g/mol. The molecule has 3 aromatic carbocycles. The van der Waals surface area contributed by atoms with Crippen LogP contribution >= 0.6 is 0 Å². The van der Waals surface area contributed by atoms with Gasteiger partial charge in [-0.1, -0.05) is 30.3 Å². The molecule has 1 amide bonds. The molecule has 0 spiro atoms. The Labute approximate surface area is 187 Å². The van der Waals surface area contributed by atoms with E-state index in [0.29, 0.717) is 22.7 Å². The zero-order valence-electron chi connectivity index (χ0n) is 18.0. The van der Waals surface area contributed by atoms with Gasteiger partial charge >= 0.3 is 0 Å². The monoisotopic (exact) mass is 456 g/mol. The molecular formula is C24H25FN2O4S. The van der Waals surface area contributed by atoms with Crippen LogP contribution in [-0.2, 0) is 14.8 Å². The number of nitrogens with one attached hydrogen (secondary N) is 1. The van der Waals surface area contributed by atoms with Gasteiger partial charge in [0, 0.05) is 0 Å². The molecule has 0 aliphatic rings. The number of hydrogen-bond acceptors (Lipinski definition) is 4. The van der Waals surface area contributed by atoms with Gasteiger partial charge in [-0.25, -0.2) is 12.8 Å². The quantitative estimate of drug-likeness (QED) is 0.535. The van der Waals surface area contributed by atoms with Crippen molar-refractivity contribution in [3.8, 4) is 11.5 Å². The summed E-state index contributed by atoms with van der Waals surface area (Å²) in [6.07, 6.45) is 1.05. The normalized spacial score (nSPS) is 13.1. The maximum atomic E-state index is 13.1. The highest BCUT2D eigenvalue weighted by Crippen LogP contribution is 2.27. The lowest BCUT2D eigenvalue weighted by Crippen LogP contribution is -2.48. The lowest BCUT2D eigenvalue weighted by molar-refractivity contribution is -0.122. The molecule has 2 atom stereocenters. The molecule has 1 N–H and O–H groups in total. The third-order valence-electron chi connectivity index (χ3n) is 4.89. The Morgan fingerprint density at radius 3 is 2.03 bits per heavy atom. The summed E-state index contributed by atoms with van der Waals surface area (Å²) in [5.74, 6) is 0.346. The second kappa shape index (κ2) is 9.82. The minimum Gasteiger partial charge on any atom is -0.457 e. The van der Waals surface area contributed by atoms with Crippen LogP contribution in [0.3, 0.4) is 0 Å². The first kappa shape index (κ1) is 23.3. The van der Waals surface area contributed by atoms with E-state index >= 15 is 0 Å². The molecule has 0 aromatic heterocycles. The molecule has 2 unspecified atom stereocenters. The minimum absolute atomic E-state index is 0.338. The fourth-order valence-electron chi connectivity index (χ4n) is 3.26. The van der Waals surface area contributed by atoms with Gasteiger partial charge < -0.3 is 10.1 Å². The van der Waals surface area contributed by atoms with Gasteiger partial charge in [0.1, 0.15) is 23.4 Å². The van der Waals surface area contributed by atoms with Gasteiger partial charge in [0.15, 0.2) is 0 Å². The van der Waals surface area contributed by atoms with Crippen molar-refractivity contribution in [3.63, 3.8) is 0 Å². The SMILES string of the molecule is CC(NC(=O)C(C)N(c1ccc(Oc2ccccc2)cc1)S(C)(=O)=O)c1ccc(F)cc1. The number of benzene rings is 3. The number of sulfonamides is 1. The van der Waals surface area contributed by atoms with Crippen LogP contribution in [0.15, 0.2) is 78.9 Å². The summed E-state index contributed by atoms with van der Waals surface area (Å²) in [5, 5.41) is 2.79. The van der Waals surface area contributed by atoms with Gasteiger partial charge in [-0.3, -0.25) is 9.10 Å². The minimum atomic E-state index is -3.76. The van der Waals surface area contributed by atoms with E-state index in [-0.39, 0.29) is 5.82 Å². The van der Waals surface area contributed by atoms with Crippen LogP contribution in [0.1, 0.15) is 25.5 Å². The number of nitrogens with zero attached hydrogens (tertiary/aromatic N) is 1. The Bertz CT molecular complexity index is 1150. The number of rotatable bonds is 8. The Kier molecular flexibility index (Phi) is 7.15. The first-order valence-electron chi connectivity index (χ1n) is 10.0. The summed E-state index contributed by atoms with van der Waals surface area (Å²) in [5.41, 5.74) is 1.05. The van der Waals surface area contributed by atoms with E-state index in [2.05, 4.69) is 5.32 Å². The number of carbonyl (C=O) groups is 1. The standard InChI is InChI=1S/C24H25FN2O4S/c1-17(19-9-11-20(25)12-10-19)26-24(28)18(2)27(32(3,29)30)21-13-15-23(16-14-21)31-22-7-5-4-6-8-22/h4-18H,1-3H3,(H,26,28). The molecule has 8 heteroatoms. The topological polar surface area (TPSA) is 75.7 Å². The Morgan fingerprint density at radius 1 is 0.906 bits per heavy atom. The van der Waals surface area contributed by atoms with E-state index in [1.54, 1.807) is 43.3 Å². The van der Waals surface area contributed by atoms with Crippen molar-refractivity contribution in [2.45, 2.75) is 25.9 Å². The maximum absolute atomic E-state index is 13.1. The van der Waals surface area contributed by atoms with Crippen LogP contribution in [-0.4, -0.2) is 26.6 Å². The van der Waals surface area contributed by atoms with Crippen LogP contribution < -0.4 is 14.4 Å². The van der Waals surface area contributed by atoms with Crippen molar-refractivity contribution in [1.82, 2.24) is 5.32 Å². The number of para-hydroxylation sites is 1. The van der Waals surface area contributed by atoms with Gasteiger partial charge in [0.2, 0.25) is 15.9 Å².